The van der Waals surface area contributed by atoms with Gasteiger partial charge in [0, 0.05) is 16.7 Å². The molecule has 0 amide bonds. The van der Waals surface area contributed by atoms with Gasteiger partial charge in [0.05, 0.1) is 12.2 Å². The average Bonchev–Trinajstić information content (AvgIpc) is 2.96. The Kier molecular flexibility index (Phi) is 5.41. The molecule has 1 unspecified atom stereocenters. The quantitative estimate of drug-likeness (QED) is 0.710. The molecule has 126 valence electrons. The Labute approximate surface area is 145 Å². The second-order valence-electron chi connectivity index (χ2n) is 6.22. The molecule has 3 rings (SSSR count). The SMILES string of the molecule is C=CCN=c1scc(-c2ccc(F)cc2)n1N=C1CCCC(C)C1. The number of thiazole rings is 1. The minimum absolute atomic E-state index is 0.232. The van der Waals surface area contributed by atoms with Gasteiger partial charge in [-0.2, -0.15) is 5.10 Å². The van der Waals surface area contributed by atoms with E-state index in [9.17, 15) is 4.39 Å². The fourth-order valence-electron chi connectivity index (χ4n) is 2.96. The van der Waals surface area contributed by atoms with Crippen molar-refractivity contribution in [3.8, 4) is 11.3 Å². The van der Waals surface area contributed by atoms with Crippen molar-refractivity contribution in [1.29, 1.82) is 0 Å². The van der Waals surface area contributed by atoms with Crippen LogP contribution in [0.3, 0.4) is 0 Å². The number of aromatic nitrogens is 1. The number of hydrogen-bond acceptors (Lipinski definition) is 3. The van der Waals surface area contributed by atoms with Crippen molar-refractivity contribution < 1.29 is 4.39 Å². The number of rotatable bonds is 4. The predicted molar refractivity (Wildman–Crippen MR) is 98.8 cm³/mol. The molecule has 0 radical (unpaired) electrons. The minimum Gasteiger partial charge on any atom is -0.253 e. The van der Waals surface area contributed by atoms with Crippen molar-refractivity contribution in [2.24, 2.45) is 16.0 Å². The first-order chi connectivity index (χ1) is 11.7. The van der Waals surface area contributed by atoms with Crippen LogP contribution >= 0.6 is 11.3 Å². The summed E-state index contributed by atoms with van der Waals surface area (Å²) in [6.07, 6.45) is 6.31. The van der Waals surface area contributed by atoms with Crippen LogP contribution in [0.1, 0.15) is 32.6 Å². The van der Waals surface area contributed by atoms with Crippen LogP contribution in [0.15, 0.2) is 52.4 Å². The van der Waals surface area contributed by atoms with Gasteiger partial charge in [-0.1, -0.05) is 13.0 Å². The van der Waals surface area contributed by atoms with Gasteiger partial charge in [-0.05, 0) is 55.9 Å². The van der Waals surface area contributed by atoms with Crippen LogP contribution in [0.4, 0.5) is 4.39 Å². The van der Waals surface area contributed by atoms with Crippen LogP contribution in [0.5, 0.6) is 0 Å². The van der Waals surface area contributed by atoms with E-state index in [0.29, 0.717) is 12.5 Å². The highest BCUT2D eigenvalue weighted by atomic mass is 32.1. The van der Waals surface area contributed by atoms with E-state index in [1.807, 2.05) is 10.1 Å². The van der Waals surface area contributed by atoms with E-state index in [2.05, 4.69) is 18.5 Å². The zero-order valence-electron chi connectivity index (χ0n) is 13.9. The van der Waals surface area contributed by atoms with Crippen molar-refractivity contribution in [3.05, 3.63) is 52.9 Å². The van der Waals surface area contributed by atoms with E-state index >= 15 is 0 Å². The summed E-state index contributed by atoms with van der Waals surface area (Å²) in [6, 6.07) is 6.53. The number of hydrogen-bond donors (Lipinski definition) is 0. The molecule has 5 heteroatoms. The lowest BCUT2D eigenvalue weighted by Gasteiger charge is -2.19. The molecule has 0 saturated heterocycles. The lowest BCUT2D eigenvalue weighted by atomic mass is 9.89. The largest absolute Gasteiger partial charge is 0.253 e. The second kappa shape index (κ2) is 7.71. The topological polar surface area (TPSA) is 29.6 Å². The fraction of sp³-hybridized carbons (Fsp3) is 0.368. The third kappa shape index (κ3) is 3.90. The van der Waals surface area contributed by atoms with Crippen LogP contribution in [0.25, 0.3) is 11.3 Å². The molecule has 24 heavy (non-hydrogen) atoms. The summed E-state index contributed by atoms with van der Waals surface area (Å²) in [4.78, 5) is 5.40. The fourth-order valence-corrected chi connectivity index (χ4v) is 3.80. The molecule has 1 fully saturated rings. The van der Waals surface area contributed by atoms with E-state index in [4.69, 9.17) is 5.10 Å². The predicted octanol–water partition coefficient (Wildman–Crippen LogP) is 4.86. The average molecular weight is 343 g/mol. The first kappa shape index (κ1) is 16.8. The molecular weight excluding hydrogens is 321 g/mol. The molecule has 1 aliphatic rings. The highest BCUT2D eigenvalue weighted by Crippen LogP contribution is 2.24. The maximum atomic E-state index is 13.2. The van der Waals surface area contributed by atoms with E-state index in [-0.39, 0.29) is 5.82 Å². The monoisotopic (exact) mass is 343 g/mol. The van der Waals surface area contributed by atoms with Gasteiger partial charge in [0.25, 0.3) is 0 Å². The van der Waals surface area contributed by atoms with Crippen molar-refractivity contribution in [2.45, 2.75) is 32.6 Å². The number of halogens is 1. The summed E-state index contributed by atoms with van der Waals surface area (Å²) in [5.41, 5.74) is 3.12. The third-order valence-corrected chi connectivity index (χ3v) is 5.02. The van der Waals surface area contributed by atoms with Crippen molar-refractivity contribution in [1.82, 2.24) is 4.68 Å². The Hall–Kier alpha value is -2.01. The van der Waals surface area contributed by atoms with Gasteiger partial charge >= 0.3 is 0 Å². The van der Waals surface area contributed by atoms with E-state index in [1.165, 1.54) is 30.7 Å². The van der Waals surface area contributed by atoms with Crippen LogP contribution in [0, 0.1) is 11.7 Å². The van der Waals surface area contributed by atoms with Gasteiger partial charge in [0.1, 0.15) is 5.82 Å². The molecule has 0 spiro atoms. The smallest absolute Gasteiger partial charge is 0.206 e. The summed E-state index contributed by atoms with van der Waals surface area (Å²) in [5, 5.41) is 6.94. The Morgan fingerprint density at radius 1 is 1.38 bits per heavy atom. The summed E-state index contributed by atoms with van der Waals surface area (Å²) < 4.78 is 15.1. The van der Waals surface area contributed by atoms with Crippen molar-refractivity contribution >= 4 is 17.0 Å². The number of nitrogens with zero attached hydrogens (tertiary/aromatic N) is 3. The maximum absolute atomic E-state index is 13.2. The zero-order chi connectivity index (χ0) is 16.9. The second-order valence-corrected chi connectivity index (χ2v) is 7.06. The Bertz CT molecular complexity index is 799. The number of benzene rings is 1. The van der Waals surface area contributed by atoms with Crippen LogP contribution in [0.2, 0.25) is 0 Å². The summed E-state index contributed by atoms with van der Waals surface area (Å²) in [6.45, 7) is 6.56. The van der Waals surface area contributed by atoms with E-state index in [0.717, 1.165) is 28.9 Å². The van der Waals surface area contributed by atoms with Gasteiger partial charge < -0.3 is 0 Å². The van der Waals surface area contributed by atoms with E-state index < -0.39 is 0 Å². The highest BCUT2D eigenvalue weighted by Gasteiger charge is 2.15. The molecule has 1 atom stereocenters. The molecule has 3 nitrogen and oxygen atoms in total. The van der Waals surface area contributed by atoms with Crippen LogP contribution in [-0.4, -0.2) is 16.9 Å². The molecule has 1 aromatic heterocycles. The molecule has 1 saturated carbocycles. The van der Waals surface area contributed by atoms with Crippen molar-refractivity contribution in [3.63, 3.8) is 0 Å². The molecule has 1 aromatic carbocycles. The molecule has 1 aliphatic carbocycles. The summed E-state index contributed by atoms with van der Waals surface area (Å²) in [7, 11) is 0. The lowest BCUT2D eigenvalue weighted by Crippen LogP contribution is -2.18. The summed E-state index contributed by atoms with van der Waals surface area (Å²) >= 11 is 1.55. The Morgan fingerprint density at radius 3 is 2.88 bits per heavy atom. The Balaban J connectivity index is 2.06. The normalized spacial score (nSPS) is 20.5. The molecular formula is C19H22FN3S. The molecule has 0 bridgehead atoms. The zero-order valence-corrected chi connectivity index (χ0v) is 14.7. The standard InChI is InChI=1S/C19H22FN3S/c1-3-11-21-19-23(22-17-6-4-5-14(2)12-17)18(13-24-19)15-7-9-16(20)10-8-15/h3,7-10,13-14H,1,4-6,11-12H2,2H3. The first-order valence-corrected chi connectivity index (χ1v) is 9.20. The van der Waals surface area contributed by atoms with Gasteiger partial charge in [-0.3, -0.25) is 4.99 Å². The van der Waals surface area contributed by atoms with Gasteiger partial charge in [0.15, 0.2) is 0 Å². The molecule has 0 N–H and O–H groups in total. The van der Waals surface area contributed by atoms with E-state index in [1.54, 1.807) is 29.5 Å². The van der Waals surface area contributed by atoms with Gasteiger partial charge in [-0.25, -0.2) is 9.07 Å². The van der Waals surface area contributed by atoms with Gasteiger partial charge in [0.2, 0.25) is 4.80 Å². The van der Waals surface area contributed by atoms with Crippen LogP contribution in [-0.2, 0) is 0 Å². The third-order valence-electron chi connectivity index (χ3n) is 4.17. The summed E-state index contributed by atoms with van der Waals surface area (Å²) in [5.74, 6) is 0.448. The Morgan fingerprint density at radius 2 is 2.17 bits per heavy atom. The maximum Gasteiger partial charge on any atom is 0.206 e. The first-order valence-electron chi connectivity index (χ1n) is 8.32. The molecule has 0 aliphatic heterocycles. The highest BCUT2D eigenvalue weighted by molar-refractivity contribution is 7.07. The molecule has 2 aromatic rings. The molecule has 1 heterocycles. The minimum atomic E-state index is -0.232. The lowest BCUT2D eigenvalue weighted by molar-refractivity contribution is 0.497. The van der Waals surface area contributed by atoms with Gasteiger partial charge in [-0.15, -0.1) is 17.9 Å². The van der Waals surface area contributed by atoms with Crippen LogP contribution < -0.4 is 4.80 Å². The van der Waals surface area contributed by atoms with Crippen molar-refractivity contribution in [2.75, 3.05) is 6.54 Å².